The van der Waals surface area contributed by atoms with E-state index in [9.17, 15) is 14.4 Å². The van der Waals surface area contributed by atoms with Gasteiger partial charge in [0.1, 0.15) is 12.5 Å². The second kappa shape index (κ2) is 16.4. The quantitative estimate of drug-likeness (QED) is 0.0802. The summed E-state index contributed by atoms with van der Waals surface area (Å²) in [6, 6.07) is 0. The van der Waals surface area contributed by atoms with E-state index in [1.807, 2.05) is 19.1 Å². The Bertz CT molecular complexity index is 2250. The van der Waals surface area contributed by atoms with E-state index in [0.29, 0.717) is 23.3 Å². The Morgan fingerprint density at radius 3 is 2.38 bits per heavy atom. The first-order chi connectivity index (χ1) is 26.3. The van der Waals surface area contributed by atoms with Crippen LogP contribution in [0.25, 0.3) is 29.9 Å². The van der Waals surface area contributed by atoms with Gasteiger partial charge in [0.15, 0.2) is 5.78 Å². The summed E-state index contributed by atoms with van der Waals surface area (Å²) >= 11 is 0. The minimum absolute atomic E-state index is 0.0830. The van der Waals surface area contributed by atoms with E-state index in [1.54, 1.807) is 0 Å². The van der Waals surface area contributed by atoms with Gasteiger partial charge >= 0.3 is 11.9 Å². The molecule has 3 aromatic heterocycles. The predicted molar refractivity (Wildman–Crippen MR) is 220 cm³/mol. The van der Waals surface area contributed by atoms with Gasteiger partial charge in [0.05, 0.1) is 12.8 Å². The molecule has 0 saturated carbocycles. The first kappa shape index (κ1) is 39.6. The van der Waals surface area contributed by atoms with Crippen molar-refractivity contribution >= 4 is 47.6 Å². The molecule has 4 atom stereocenters. The van der Waals surface area contributed by atoms with Gasteiger partial charge < -0.3 is 29.7 Å². The molecule has 0 amide bonds. The average molecular weight is 747 g/mol. The zero-order chi connectivity index (χ0) is 39.7. The lowest BCUT2D eigenvalue weighted by Gasteiger charge is -2.19. The van der Waals surface area contributed by atoms with Gasteiger partial charge in [-0.05, 0) is 106 Å². The van der Waals surface area contributed by atoms with Crippen LogP contribution < -0.4 is 16.0 Å². The number of fused-ring (bicyclic) bond motifs is 7. The van der Waals surface area contributed by atoms with Gasteiger partial charge in [-0.2, -0.15) is 0 Å². The number of ketones is 1. The summed E-state index contributed by atoms with van der Waals surface area (Å²) in [5, 5.41) is 5.64. The number of aromatic nitrogens is 3. The fourth-order valence-electron chi connectivity index (χ4n) is 8.66. The highest BCUT2D eigenvalue weighted by Gasteiger charge is 2.48. The van der Waals surface area contributed by atoms with Gasteiger partial charge in [-0.15, -0.1) is 0 Å². The van der Waals surface area contributed by atoms with Crippen molar-refractivity contribution in [1.29, 1.82) is 0 Å². The molecule has 0 radical (unpaired) electrons. The molecule has 55 heavy (non-hydrogen) atoms. The first-order valence-electron chi connectivity index (χ1n) is 20.0. The van der Waals surface area contributed by atoms with Crippen LogP contribution in [0, 0.1) is 44.4 Å². The third-order valence-electron chi connectivity index (χ3n) is 12.4. The van der Waals surface area contributed by atoms with Crippen LogP contribution in [0.4, 0.5) is 0 Å². The summed E-state index contributed by atoms with van der Waals surface area (Å²) < 4.78 is 11.0. The largest absolute Gasteiger partial charge is 0.468 e. The average Bonchev–Trinajstić information content (AvgIpc) is 3.90. The molecule has 6 rings (SSSR count). The van der Waals surface area contributed by atoms with Gasteiger partial charge in [0, 0.05) is 74.1 Å². The van der Waals surface area contributed by atoms with Crippen molar-refractivity contribution in [3.8, 4) is 0 Å². The highest BCUT2D eigenvalue weighted by atomic mass is 16.5. The van der Waals surface area contributed by atoms with Gasteiger partial charge in [-0.1, -0.05) is 58.8 Å². The topological polar surface area (TPSA) is 129 Å². The summed E-state index contributed by atoms with van der Waals surface area (Å²) in [5.74, 6) is -1.90. The second-order valence-corrected chi connectivity index (χ2v) is 15.8. The summed E-state index contributed by atoms with van der Waals surface area (Å²) in [6.45, 7) is 21.4. The second-order valence-electron chi connectivity index (χ2n) is 15.8. The van der Waals surface area contributed by atoms with E-state index < -0.39 is 11.9 Å². The number of ether oxygens (including phenoxy) is 2. The Morgan fingerprint density at radius 2 is 1.69 bits per heavy atom. The molecular weight excluding hydrogens is 689 g/mol. The van der Waals surface area contributed by atoms with Crippen LogP contribution in [-0.4, -0.2) is 46.4 Å². The number of allylic oxidation sites excluding steroid dienone is 3. The smallest absolute Gasteiger partial charge is 0.321 e. The number of methoxy groups -OCH3 is 1. The van der Waals surface area contributed by atoms with Crippen LogP contribution in [0.5, 0.6) is 0 Å². The Kier molecular flexibility index (Phi) is 11.8. The molecule has 3 aliphatic rings. The summed E-state index contributed by atoms with van der Waals surface area (Å²) in [7, 11) is 1.32. The Hall–Kier alpha value is -5.05. The number of Topliss-reactive ketones (excluding diaryl/α,β-unsaturated/α-hetero) is 1. The maximum absolute atomic E-state index is 14.3. The third-order valence-corrected chi connectivity index (χ3v) is 12.4. The number of aromatic amines is 3. The SMILES string of the molecule is C=Cc1c2[nH]c(c1C)/C=C1\N/C(=C3\c4[nH]c(c(C)c4C(=O)[C@@H]3C(=O)OC)/C=c3\[nH]/c(c(C)c3CC)=C\2)[C@@H](CCC(=O)OC/C=C(\C)CCC[C@@H](C)CC)[C@@H]1C. The van der Waals surface area contributed by atoms with Gasteiger partial charge in [0.25, 0.3) is 0 Å². The zero-order valence-electron chi connectivity index (χ0n) is 34.1. The molecule has 1 saturated heterocycles. The fraction of sp³-hybridized carbons (Fsp3) is 0.457. The lowest BCUT2D eigenvalue weighted by atomic mass is 9.85. The molecule has 292 valence electrons. The standard InChI is InChI=1S/C46H58N4O5/c1-11-24(4)15-14-16-25(5)19-20-55-39(51)18-17-32-28(8)35-21-33-26(6)30(12-2)37(47-33)22-34-27(7)31(13-3)38(48-34)23-36-29(9)40-44(50-36)41(43(32)49-35)42(45(40)52)46(53)54-10/h12,19,21-24,28,32,42,47-50H,2,11,13-18,20H2,1,3-10H3/b25-19+,34-22-,35-21-,38-23-,43-41-/t24-,28-,32-,42+/m0/s1. The monoisotopic (exact) mass is 746 g/mol. The number of rotatable bonds is 13. The number of hydrogen-bond acceptors (Lipinski definition) is 6. The fourth-order valence-corrected chi connectivity index (χ4v) is 8.66. The Labute approximate surface area is 325 Å². The molecule has 5 heterocycles. The zero-order valence-corrected chi connectivity index (χ0v) is 34.1. The lowest BCUT2D eigenvalue weighted by Crippen LogP contribution is -2.25. The molecule has 0 aromatic carbocycles. The van der Waals surface area contributed by atoms with Crippen LogP contribution in [0.2, 0.25) is 0 Å². The number of hydrogen-bond donors (Lipinski definition) is 4. The van der Waals surface area contributed by atoms with E-state index in [0.717, 1.165) is 86.6 Å². The highest BCUT2D eigenvalue weighted by molar-refractivity contribution is 6.24. The normalized spacial score (nSPS) is 22.9. The summed E-state index contributed by atoms with van der Waals surface area (Å²) in [6.07, 6.45) is 16.2. The van der Waals surface area contributed by atoms with Crippen LogP contribution in [0.15, 0.2) is 29.6 Å². The van der Waals surface area contributed by atoms with Gasteiger partial charge in [-0.3, -0.25) is 14.4 Å². The van der Waals surface area contributed by atoms with Crippen molar-refractivity contribution in [2.24, 2.45) is 23.7 Å². The number of H-pyrrole nitrogens is 3. The van der Waals surface area contributed by atoms with E-state index in [4.69, 9.17) is 9.47 Å². The Morgan fingerprint density at radius 1 is 0.964 bits per heavy atom. The van der Waals surface area contributed by atoms with Crippen molar-refractivity contribution in [1.82, 2.24) is 20.3 Å². The first-order valence-corrected chi connectivity index (χ1v) is 20.0. The van der Waals surface area contributed by atoms with Crippen LogP contribution >= 0.6 is 0 Å². The van der Waals surface area contributed by atoms with Crippen molar-refractivity contribution in [2.45, 2.75) is 100 Å². The molecular formula is C46H58N4O5. The third kappa shape index (κ3) is 7.50. The molecule has 4 N–H and O–H groups in total. The minimum Gasteiger partial charge on any atom is -0.468 e. The summed E-state index contributed by atoms with van der Waals surface area (Å²) in [5.41, 5.74) is 12.4. The number of esters is 2. The van der Waals surface area contributed by atoms with Crippen molar-refractivity contribution in [2.75, 3.05) is 13.7 Å². The highest BCUT2D eigenvalue weighted by Crippen LogP contribution is 2.48. The number of carbonyl (C=O) groups is 3. The van der Waals surface area contributed by atoms with Crippen LogP contribution in [0.1, 0.15) is 134 Å². The molecule has 1 aliphatic carbocycles. The molecule has 9 heteroatoms. The maximum atomic E-state index is 14.3. The van der Waals surface area contributed by atoms with Gasteiger partial charge in [-0.25, -0.2) is 0 Å². The molecule has 0 spiro atoms. The molecule has 1 fully saturated rings. The molecule has 0 unspecified atom stereocenters. The predicted octanol–water partition coefficient (Wildman–Crippen LogP) is 7.85. The lowest BCUT2D eigenvalue weighted by molar-refractivity contribution is -0.143. The maximum Gasteiger partial charge on any atom is 0.321 e. The molecule has 2 aliphatic heterocycles. The minimum atomic E-state index is -1.14. The van der Waals surface area contributed by atoms with Gasteiger partial charge in [0.2, 0.25) is 0 Å². The van der Waals surface area contributed by atoms with Crippen LogP contribution in [0.3, 0.4) is 0 Å². The molecule has 9 nitrogen and oxygen atoms in total. The van der Waals surface area contributed by atoms with Crippen molar-refractivity contribution < 1.29 is 23.9 Å². The number of carbonyl (C=O) groups excluding carboxylic acids is 3. The Balaban J connectivity index is 1.45. The van der Waals surface area contributed by atoms with Crippen molar-refractivity contribution in [3.63, 3.8) is 0 Å². The van der Waals surface area contributed by atoms with E-state index in [1.165, 1.54) is 31.1 Å². The number of nitrogens with one attached hydrogen (secondary N) is 4. The van der Waals surface area contributed by atoms with E-state index in [2.05, 4.69) is 93.5 Å². The molecule has 3 aromatic rings. The van der Waals surface area contributed by atoms with Crippen LogP contribution in [-0.2, 0) is 25.5 Å². The molecule has 8 bridgehead atoms. The van der Waals surface area contributed by atoms with Crippen molar-refractivity contribution in [3.05, 3.63) is 96.5 Å². The van der Waals surface area contributed by atoms with E-state index >= 15 is 0 Å². The van der Waals surface area contributed by atoms with E-state index in [-0.39, 0.29) is 36.6 Å². The summed E-state index contributed by atoms with van der Waals surface area (Å²) in [4.78, 5) is 52.0.